The minimum Gasteiger partial charge on any atom is -0.494 e. The molecule has 2 aromatic rings. The van der Waals surface area contributed by atoms with Gasteiger partial charge in [-0.2, -0.15) is 5.10 Å². The molecule has 2 aromatic carbocycles. The van der Waals surface area contributed by atoms with Crippen molar-refractivity contribution in [1.29, 1.82) is 0 Å². The molecule has 0 saturated heterocycles. The van der Waals surface area contributed by atoms with Gasteiger partial charge >= 0.3 is 0 Å². The number of thioether (sulfide) groups is 1. The molecule has 0 aliphatic rings. The molecule has 2 rings (SSSR count). The number of carbonyl (C=O) groups is 1. The minimum atomic E-state index is -0.0830. The van der Waals surface area contributed by atoms with Crippen LogP contribution in [0, 0.1) is 6.92 Å². The highest BCUT2D eigenvalue weighted by Crippen LogP contribution is 2.18. The van der Waals surface area contributed by atoms with Crippen LogP contribution in [0.5, 0.6) is 5.75 Å². The van der Waals surface area contributed by atoms with Crippen molar-refractivity contribution in [3.8, 4) is 5.75 Å². The van der Waals surface area contributed by atoms with E-state index >= 15 is 0 Å². The molecular formula is C21H26N2O2S. The summed E-state index contributed by atoms with van der Waals surface area (Å²) < 4.78 is 5.61. The number of nitrogens with one attached hydrogen (secondary N) is 1. The molecule has 0 unspecified atom stereocenters. The molecule has 0 bridgehead atoms. The van der Waals surface area contributed by atoms with E-state index in [1.165, 1.54) is 10.5 Å². The number of nitrogens with zero attached hydrogens (tertiary/aromatic N) is 1. The number of hydrazone groups is 1. The maximum absolute atomic E-state index is 11.8. The van der Waals surface area contributed by atoms with Gasteiger partial charge < -0.3 is 4.74 Å². The highest BCUT2D eigenvalue weighted by molar-refractivity contribution is 7.99. The van der Waals surface area contributed by atoms with Crippen molar-refractivity contribution in [2.24, 2.45) is 5.10 Å². The number of hydrogen-bond acceptors (Lipinski definition) is 4. The van der Waals surface area contributed by atoms with Gasteiger partial charge in [0.15, 0.2) is 0 Å². The van der Waals surface area contributed by atoms with E-state index in [-0.39, 0.29) is 5.91 Å². The molecule has 0 aliphatic carbocycles. The van der Waals surface area contributed by atoms with Crippen LogP contribution in [-0.4, -0.2) is 24.5 Å². The van der Waals surface area contributed by atoms with Crippen LogP contribution in [0.4, 0.5) is 0 Å². The van der Waals surface area contributed by atoms with Crippen LogP contribution in [0.25, 0.3) is 0 Å². The largest absolute Gasteiger partial charge is 0.494 e. The highest BCUT2D eigenvalue weighted by Gasteiger charge is 2.01. The summed E-state index contributed by atoms with van der Waals surface area (Å²) in [4.78, 5) is 13.0. The van der Waals surface area contributed by atoms with Crippen molar-refractivity contribution in [2.75, 3.05) is 12.4 Å². The average molecular weight is 371 g/mol. The molecule has 0 aliphatic heterocycles. The SMILES string of the molecule is CCCCOc1ccc(C=NNC(=O)CCSc2ccc(C)cc2)cc1. The Balaban J connectivity index is 1.66. The van der Waals surface area contributed by atoms with E-state index in [0.29, 0.717) is 6.42 Å². The Labute approximate surface area is 160 Å². The predicted octanol–water partition coefficient (Wildman–Crippen LogP) is 4.81. The molecule has 1 amide bonds. The van der Waals surface area contributed by atoms with Gasteiger partial charge in [-0.15, -0.1) is 11.8 Å². The highest BCUT2D eigenvalue weighted by atomic mass is 32.2. The van der Waals surface area contributed by atoms with Gasteiger partial charge in [0.2, 0.25) is 5.91 Å². The lowest BCUT2D eigenvalue weighted by Crippen LogP contribution is -2.17. The monoisotopic (exact) mass is 370 g/mol. The smallest absolute Gasteiger partial charge is 0.240 e. The molecule has 0 radical (unpaired) electrons. The molecular weight excluding hydrogens is 344 g/mol. The van der Waals surface area contributed by atoms with Crippen molar-refractivity contribution < 1.29 is 9.53 Å². The van der Waals surface area contributed by atoms with E-state index in [1.54, 1.807) is 18.0 Å². The summed E-state index contributed by atoms with van der Waals surface area (Å²) in [5, 5.41) is 4.01. The third-order valence-electron chi connectivity index (χ3n) is 3.67. The molecule has 0 atom stereocenters. The van der Waals surface area contributed by atoms with Gasteiger partial charge in [-0.3, -0.25) is 4.79 Å². The van der Waals surface area contributed by atoms with E-state index in [1.807, 2.05) is 24.3 Å². The van der Waals surface area contributed by atoms with Crippen LogP contribution in [0.15, 0.2) is 58.5 Å². The molecule has 26 heavy (non-hydrogen) atoms. The molecule has 0 spiro atoms. The third kappa shape index (κ3) is 7.74. The number of aryl methyl sites for hydroxylation is 1. The van der Waals surface area contributed by atoms with Crippen LogP contribution < -0.4 is 10.2 Å². The first kappa shape index (κ1) is 20.0. The van der Waals surface area contributed by atoms with E-state index in [2.05, 4.69) is 48.6 Å². The maximum Gasteiger partial charge on any atom is 0.240 e. The number of benzene rings is 2. The number of rotatable bonds is 10. The first-order valence-electron chi connectivity index (χ1n) is 8.91. The Morgan fingerprint density at radius 2 is 1.88 bits per heavy atom. The summed E-state index contributed by atoms with van der Waals surface area (Å²) in [6, 6.07) is 16.0. The lowest BCUT2D eigenvalue weighted by atomic mass is 10.2. The topological polar surface area (TPSA) is 50.7 Å². The lowest BCUT2D eigenvalue weighted by Gasteiger charge is -2.05. The quantitative estimate of drug-likeness (QED) is 0.283. The second-order valence-corrected chi connectivity index (χ2v) is 7.14. The van der Waals surface area contributed by atoms with Crippen LogP contribution in [-0.2, 0) is 4.79 Å². The molecule has 4 nitrogen and oxygen atoms in total. The summed E-state index contributed by atoms with van der Waals surface area (Å²) in [5.41, 5.74) is 4.73. The molecule has 0 saturated carbocycles. The molecule has 0 heterocycles. The van der Waals surface area contributed by atoms with Crippen LogP contribution in [0.1, 0.15) is 37.3 Å². The Morgan fingerprint density at radius 3 is 2.58 bits per heavy atom. The Morgan fingerprint density at radius 1 is 1.15 bits per heavy atom. The second-order valence-electron chi connectivity index (χ2n) is 5.98. The van der Waals surface area contributed by atoms with Gasteiger partial charge in [0, 0.05) is 17.1 Å². The van der Waals surface area contributed by atoms with Gasteiger partial charge in [0.25, 0.3) is 0 Å². The zero-order valence-electron chi connectivity index (χ0n) is 15.4. The summed E-state index contributed by atoms with van der Waals surface area (Å²) in [6.45, 7) is 4.94. The van der Waals surface area contributed by atoms with Crippen molar-refractivity contribution in [1.82, 2.24) is 5.43 Å². The molecule has 1 N–H and O–H groups in total. The van der Waals surface area contributed by atoms with Crippen LogP contribution in [0.3, 0.4) is 0 Å². The van der Waals surface area contributed by atoms with Crippen molar-refractivity contribution in [3.05, 3.63) is 59.7 Å². The molecule has 138 valence electrons. The first-order chi connectivity index (χ1) is 12.7. The fourth-order valence-corrected chi connectivity index (χ4v) is 2.97. The summed E-state index contributed by atoms with van der Waals surface area (Å²) in [6.07, 6.45) is 4.24. The predicted molar refractivity (Wildman–Crippen MR) is 109 cm³/mol. The Bertz CT molecular complexity index is 697. The minimum absolute atomic E-state index is 0.0830. The number of amides is 1. The summed E-state index contributed by atoms with van der Waals surface area (Å²) in [5.74, 6) is 1.50. The van der Waals surface area contributed by atoms with Crippen LogP contribution in [0.2, 0.25) is 0 Å². The first-order valence-corrected chi connectivity index (χ1v) is 9.90. The lowest BCUT2D eigenvalue weighted by molar-refractivity contribution is -0.120. The fraction of sp³-hybridized carbons (Fsp3) is 0.333. The average Bonchev–Trinajstić information content (AvgIpc) is 2.65. The molecule has 0 fully saturated rings. The van der Waals surface area contributed by atoms with Crippen molar-refractivity contribution >= 4 is 23.9 Å². The number of hydrogen-bond donors (Lipinski definition) is 1. The number of unbranched alkanes of at least 4 members (excludes halogenated alkanes) is 1. The van der Waals surface area contributed by atoms with Crippen LogP contribution >= 0.6 is 11.8 Å². The van der Waals surface area contributed by atoms with E-state index in [9.17, 15) is 4.79 Å². The standard InChI is InChI=1S/C21H26N2O2S/c1-3-4-14-25-19-9-7-18(8-10-19)16-22-23-21(24)13-15-26-20-11-5-17(2)6-12-20/h5-12,16H,3-4,13-15H2,1-2H3,(H,23,24). The zero-order chi connectivity index (χ0) is 18.6. The van der Waals surface area contributed by atoms with Crippen molar-refractivity contribution in [2.45, 2.75) is 38.0 Å². The normalized spacial score (nSPS) is 10.8. The summed E-state index contributed by atoms with van der Waals surface area (Å²) >= 11 is 1.67. The Kier molecular flexibility index (Phi) is 8.76. The van der Waals surface area contributed by atoms with E-state index in [4.69, 9.17) is 4.74 Å². The van der Waals surface area contributed by atoms with Gasteiger partial charge in [0.05, 0.1) is 12.8 Å². The summed E-state index contributed by atoms with van der Waals surface area (Å²) in [7, 11) is 0. The van der Waals surface area contributed by atoms with E-state index in [0.717, 1.165) is 36.5 Å². The molecule has 0 aromatic heterocycles. The third-order valence-corrected chi connectivity index (χ3v) is 4.68. The molecule has 5 heteroatoms. The number of carbonyl (C=O) groups excluding carboxylic acids is 1. The Hall–Kier alpha value is -2.27. The fourth-order valence-electron chi connectivity index (χ4n) is 2.12. The van der Waals surface area contributed by atoms with Gasteiger partial charge in [-0.1, -0.05) is 31.0 Å². The van der Waals surface area contributed by atoms with Gasteiger partial charge in [0.1, 0.15) is 5.75 Å². The van der Waals surface area contributed by atoms with Gasteiger partial charge in [-0.25, -0.2) is 5.43 Å². The van der Waals surface area contributed by atoms with Crippen molar-refractivity contribution in [3.63, 3.8) is 0 Å². The van der Waals surface area contributed by atoms with E-state index < -0.39 is 0 Å². The second kappa shape index (κ2) is 11.4. The number of ether oxygens (including phenoxy) is 1. The zero-order valence-corrected chi connectivity index (χ0v) is 16.2. The van der Waals surface area contributed by atoms with Gasteiger partial charge in [-0.05, 0) is 55.3 Å². The maximum atomic E-state index is 11.8.